The van der Waals surface area contributed by atoms with Crippen molar-refractivity contribution >= 4 is 11.9 Å². The molecule has 0 spiro atoms. The standard InChI is InChI=1S/C44H84NO4.ClH/c1-6-9-11-13-15-17-19-21-23-25-27-29-31-33-35-37-43(46)48-41-42(40-45(4,5)39-8-3)49-44(47)38-36-34-32-30-28-26-24-22-20-18-16-14-12-10-7-2;/h21-24,42H,6-20,25-41H2,1-5H3;1H/q+1;/p-1/b23-21+,24-22+;. The molecule has 0 aromatic rings. The Morgan fingerprint density at radius 2 is 0.860 bits per heavy atom. The van der Waals surface area contributed by atoms with Gasteiger partial charge in [-0.3, -0.25) is 9.59 Å². The number of ether oxygens (including phenoxy) is 2. The van der Waals surface area contributed by atoms with E-state index in [1.165, 1.54) is 128 Å². The quantitative estimate of drug-likeness (QED) is 0.0277. The summed E-state index contributed by atoms with van der Waals surface area (Å²) < 4.78 is 12.3. The molecule has 0 radical (unpaired) electrons. The molecule has 5 nitrogen and oxygen atoms in total. The first kappa shape index (κ1) is 50.8. The molecule has 0 aliphatic carbocycles. The van der Waals surface area contributed by atoms with Gasteiger partial charge in [0.05, 0.1) is 20.6 Å². The zero-order valence-corrected chi connectivity index (χ0v) is 34.7. The number of unbranched alkanes of at least 4 members (excludes halogenated alkanes) is 22. The Morgan fingerprint density at radius 3 is 1.26 bits per heavy atom. The van der Waals surface area contributed by atoms with Crippen LogP contribution in [0.1, 0.15) is 207 Å². The highest BCUT2D eigenvalue weighted by atomic mass is 35.5. The van der Waals surface area contributed by atoms with Crippen molar-refractivity contribution < 1.29 is 36.0 Å². The normalized spacial score (nSPS) is 12.4. The summed E-state index contributed by atoms with van der Waals surface area (Å²) in [6.45, 7) is 8.52. The van der Waals surface area contributed by atoms with Crippen LogP contribution in [-0.2, 0) is 19.1 Å². The largest absolute Gasteiger partial charge is 1.00 e. The highest BCUT2D eigenvalue weighted by Crippen LogP contribution is 2.14. The predicted molar refractivity (Wildman–Crippen MR) is 212 cm³/mol. The van der Waals surface area contributed by atoms with E-state index in [2.05, 4.69) is 59.2 Å². The first-order chi connectivity index (χ1) is 23.8. The molecule has 0 aliphatic rings. The highest BCUT2D eigenvalue weighted by Gasteiger charge is 2.26. The van der Waals surface area contributed by atoms with Crippen LogP contribution in [0.25, 0.3) is 0 Å². The van der Waals surface area contributed by atoms with Gasteiger partial charge in [-0.15, -0.1) is 0 Å². The molecule has 0 amide bonds. The van der Waals surface area contributed by atoms with Crippen molar-refractivity contribution in [3.63, 3.8) is 0 Å². The number of carbonyl (C=O) groups is 2. The maximum Gasteiger partial charge on any atom is 0.306 e. The van der Waals surface area contributed by atoms with Crippen LogP contribution in [0, 0.1) is 0 Å². The molecule has 0 saturated heterocycles. The van der Waals surface area contributed by atoms with Crippen LogP contribution in [0.4, 0.5) is 0 Å². The molecule has 6 heteroatoms. The second-order valence-corrected chi connectivity index (χ2v) is 15.3. The lowest BCUT2D eigenvalue weighted by molar-refractivity contribution is -0.893. The second kappa shape index (κ2) is 38.9. The Bertz CT molecular complexity index is 797. The number of hydrogen-bond donors (Lipinski definition) is 0. The van der Waals surface area contributed by atoms with E-state index in [1.807, 2.05) is 0 Å². The van der Waals surface area contributed by atoms with Crippen molar-refractivity contribution in [3.05, 3.63) is 24.3 Å². The number of nitrogens with zero attached hydrogens (tertiary/aromatic N) is 1. The van der Waals surface area contributed by atoms with E-state index in [9.17, 15) is 9.59 Å². The number of esters is 2. The van der Waals surface area contributed by atoms with Gasteiger partial charge in [0.1, 0.15) is 13.2 Å². The van der Waals surface area contributed by atoms with Crippen LogP contribution in [0.2, 0.25) is 0 Å². The van der Waals surface area contributed by atoms with Crippen molar-refractivity contribution in [3.8, 4) is 0 Å². The third kappa shape index (κ3) is 37.9. The van der Waals surface area contributed by atoms with E-state index < -0.39 is 6.10 Å². The molecule has 0 N–H and O–H groups in total. The minimum atomic E-state index is -0.393. The summed E-state index contributed by atoms with van der Waals surface area (Å²) in [5.74, 6) is -0.329. The zero-order chi connectivity index (χ0) is 36.1. The van der Waals surface area contributed by atoms with Crippen LogP contribution < -0.4 is 12.4 Å². The van der Waals surface area contributed by atoms with Gasteiger partial charge in [0.25, 0.3) is 0 Å². The average molecular weight is 727 g/mol. The maximum atomic E-state index is 12.7. The van der Waals surface area contributed by atoms with Gasteiger partial charge in [-0.05, 0) is 70.6 Å². The Hall–Kier alpha value is -1.33. The molecule has 296 valence electrons. The SMILES string of the molecule is CCCCCCCC/C=C/CCCCCCCC(=O)OCC(C[N+](C)(C)CCC)OC(=O)CCCCCCC/C=C/CCCCCCCC.[Cl-]. The third-order valence-corrected chi connectivity index (χ3v) is 9.54. The number of hydrogen-bond acceptors (Lipinski definition) is 4. The van der Waals surface area contributed by atoms with Crippen molar-refractivity contribution in [2.24, 2.45) is 0 Å². The van der Waals surface area contributed by atoms with E-state index in [4.69, 9.17) is 9.47 Å². The van der Waals surface area contributed by atoms with Crippen LogP contribution in [-0.4, -0.2) is 56.3 Å². The summed E-state index contributed by atoms with van der Waals surface area (Å²) in [6, 6.07) is 0. The van der Waals surface area contributed by atoms with E-state index in [0.717, 1.165) is 56.0 Å². The molecule has 0 heterocycles. The Balaban J connectivity index is 0. The van der Waals surface area contributed by atoms with E-state index >= 15 is 0 Å². The summed E-state index contributed by atoms with van der Waals surface area (Å²) in [5.41, 5.74) is 0. The van der Waals surface area contributed by atoms with Gasteiger partial charge in [0.2, 0.25) is 0 Å². The van der Waals surface area contributed by atoms with Crippen molar-refractivity contribution in [1.29, 1.82) is 0 Å². The minimum Gasteiger partial charge on any atom is -1.00 e. The van der Waals surface area contributed by atoms with Crippen molar-refractivity contribution in [1.82, 2.24) is 0 Å². The van der Waals surface area contributed by atoms with E-state index in [1.54, 1.807) is 0 Å². The monoisotopic (exact) mass is 726 g/mol. The number of rotatable bonds is 37. The summed E-state index contributed by atoms with van der Waals surface area (Å²) >= 11 is 0. The molecule has 50 heavy (non-hydrogen) atoms. The predicted octanol–water partition coefficient (Wildman–Crippen LogP) is 10.0. The number of halogens is 1. The zero-order valence-electron chi connectivity index (χ0n) is 34.0. The van der Waals surface area contributed by atoms with Crippen LogP contribution in [0.15, 0.2) is 24.3 Å². The molecule has 0 aliphatic heterocycles. The molecule has 0 rings (SSSR count). The first-order valence-electron chi connectivity index (χ1n) is 21.3. The molecular formula is C44H84ClNO4. The molecule has 0 fully saturated rings. The summed E-state index contributed by atoms with van der Waals surface area (Å²) in [6.07, 6.45) is 43.2. The molecule has 1 atom stereocenters. The molecule has 0 aromatic heterocycles. The highest BCUT2D eigenvalue weighted by molar-refractivity contribution is 5.70. The fraction of sp³-hybridized carbons (Fsp3) is 0.864. The Morgan fingerprint density at radius 1 is 0.500 bits per heavy atom. The fourth-order valence-corrected chi connectivity index (χ4v) is 6.55. The first-order valence-corrected chi connectivity index (χ1v) is 21.3. The Kier molecular flexibility index (Phi) is 39.5. The number of allylic oxidation sites excluding steroid dienone is 4. The lowest BCUT2D eigenvalue weighted by atomic mass is 10.1. The van der Waals surface area contributed by atoms with Gasteiger partial charge in [0.15, 0.2) is 6.10 Å². The maximum absolute atomic E-state index is 12.7. The average Bonchev–Trinajstić information content (AvgIpc) is 3.07. The van der Waals surface area contributed by atoms with Gasteiger partial charge in [-0.1, -0.05) is 148 Å². The summed E-state index contributed by atoms with van der Waals surface area (Å²) in [5, 5.41) is 0. The van der Waals surface area contributed by atoms with Gasteiger partial charge >= 0.3 is 11.9 Å². The van der Waals surface area contributed by atoms with Gasteiger partial charge in [0, 0.05) is 12.8 Å². The fourth-order valence-electron chi connectivity index (χ4n) is 6.55. The van der Waals surface area contributed by atoms with Crippen molar-refractivity contribution in [2.45, 2.75) is 213 Å². The van der Waals surface area contributed by atoms with Crippen LogP contribution >= 0.6 is 0 Å². The van der Waals surface area contributed by atoms with Crippen molar-refractivity contribution in [2.75, 3.05) is 33.8 Å². The molecule has 0 saturated carbocycles. The number of carbonyl (C=O) groups excluding carboxylic acids is 2. The van der Waals surface area contributed by atoms with Gasteiger partial charge < -0.3 is 26.4 Å². The Labute approximate surface area is 318 Å². The third-order valence-electron chi connectivity index (χ3n) is 9.54. The molecule has 1 unspecified atom stereocenters. The molecule has 0 bridgehead atoms. The minimum absolute atomic E-state index is 0. The second-order valence-electron chi connectivity index (χ2n) is 15.3. The number of likely N-dealkylation sites (N-methyl/N-ethyl adjacent to an activating group) is 1. The van der Waals surface area contributed by atoms with Crippen LogP contribution in [0.5, 0.6) is 0 Å². The van der Waals surface area contributed by atoms with E-state index in [0.29, 0.717) is 19.4 Å². The topological polar surface area (TPSA) is 52.6 Å². The smallest absolute Gasteiger partial charge is 0.306 e. The lowest BCUT2D eigenvalue weighted by Crippen LogP contribution is -3.00. The summed E-state index contributed by atoms with van der Waals surface area (Å²) in [4.78, 5) is 25.2. The molecular weight excluding hydrogens is 642 g/mol. The van der Waals surface area contributed by atoms with Crippen LogP contribution in [0.3, 0.4) is 0 Å². The number of quaternary nitrogens is 1. The lowest BCUT2D eigenvalue weighted by Gasteiger charge is -2.32. The van der Waals surface area contributed by atoms with Gasteiger partial charge in [-0.2, -0.15) is 0 Å². The summed E-state index contributed by atoms with van der Waals surface area (Å²) in [7, 11) is 4.31. The van der Waals surface area contributed by atoms with E-state index in [-0.39, 0.29) is 31.0 Å². The molecule has 0 aromatic carbocycles. The van der Waals surface area contributed by atoms with Gasteiger partial charge in [-0.25, -0.2) is 0 Å².